The summed E-state index contributed by atoms with van der Waals surface area (Å²) in [4.78, 5) is 28.8. The van der Waals surface area contributed by atoms with Crippen LogP contribution in [0.25, 0.3) is 0 Å². The molecule has 2 atom stereocenters. The van der Waals surface area contributed by atoms with Gasteiger partial charge in [-0.15, -0.1) is 0 Å². The summed E-state index contributed by atoms with van der Waals surface area (Å²) < 4.78 is 16.2. The fourth-order valence-corrected chi connectivity index (χ4v) is 3.78. The molecule has 2 fully saturated rings. The minimum absolute atomic E-state index is 0.107. The van der Waals surface area contributed by atoms with Gasteiger partial charge in [0.2, 0.25) is 0 Å². The third kappa shape index (κ3) is 4.18. The molecule has 0 radical (unpaired) electrons. The zero-order chi connectivity index (χ0) is 19.8. The molecule has 2 saturated heterocycles. The summed E-state index contributed by atoms with van der Waals surface area (Å²) in [5.74, 6) is 1.60. The van der Waals surface area contributed by atoms with Gasteiger partial charge in [0.15, 0.2) is 5.78 Å². The maximum atomic E-state index is 12.6. The van der Waals surface area contributed by atoms with Crippen LogP contribution >= 0.6 is 0 Å². The molecule has 27 heavy (non-hydrogen) atoms. The van der Waals surface area contributed by atoms with Crippen LogP contribution in [0, 0.1) is 0 Å². The van der Waals surface area contributed by atoms with E-state index in [9.17, 15) is 9.59 Å². The van der Waals surface area contributed by atoms with Crippen molar-refractivity contribution in [3.8, 4) is 11.5 Å². The Labute approximate surface area is 160 Å². The van der Waals surface area contributed by atoms with E-state index in [4.69, 9.17) is 14.2 Å². The predicted molar refractivity (Wildman–Crippen MR) is 100 cm³/mol. The van der Waals surface area contributed by atoms with E-state index >= 15 is 0 Å². The summed E-state index contributed by atoms with van der Waals surface area (Å²) in [5, 5.41) is 0. The first kappa shape index (κ1) is 19.5. The van der Waals surface area contributed by atoms with Gasteiger partial charge in [0.05, 0.1) is 20.3 Å². The lowest BCUT2D eigenvalue weighted by Crippen LogP contribution is -2.57. The van der Waals surface area contributed by atoms with E-state index in [1.54, 1.807) is 19.1 Å². The molecule has 2 aliphatic rings. The van der Waals surface area contributed by atoms with Crippen molar-refractivity contribution in [1.29, 1.82) is 0 Å². The number of piperazine rings is 1. The van der Waals surface area contributed by atoms with Crippen LogP contribution in [0.1, 0.15) is 32.8 Å². The molecule has 148 valence electrons. The molecule has 1 aromatic rings. The van der Waals surface area contributed by atoms with Crippen molar-refractivity contribution in [2.24, 2.45) is 0 Å². The summed E-state index contributed by atoms with van der Waals surface area (Å²) in [6.07, 6.45) is -0.00908. The van der Waals surface area contributed by atoms with Crippen LogP contribution in [-0.4, -0.2) is 66.7 Å². The number of carbonyl (C=O) groups excluding carboxylic acids is 2. The second-order valence-corrected chi connectivity index (χ2v) is 8.10. The molecular weight excluding hydrogens is 348 g/mol. The molecular formula is C20H28N2O5. The molecule has 0 saturated carbocycles. The van der Waals surface area contributed by atoms with Gasteiger partial charge < -0.3 is 14.2 Å². The molecule has 1 aromatic carbocycles. The fraction of sp³-hybridized carbons (Fsp3) is 0.600. The number of ether oxygens (including phenoxy) is 3. The fourth-order valence-electron chi connectivity index (χ4n) is 3.78. The number of methoxy groups -OCH3 is 2. The summed E-state index contributed by atoms with van der Waals surface area (Å²) in [6.45, 7) is 7.29. The lowest BCUT2D eigenvalue weighted by Gasteiger charge is -2.40. The first-order chi connectivity index (χ1) is 12.7. The van der Waals surface area contributed by atoms with E-state index in [1.807, 2.05) is 39.0 Å². The highest BCUT2D eigenvalue weighted by Gasteiger charge is 2.49. The second kappa shape index (κ2) is 7.38. The van der Waals surface area contributed by atoms with Crippen LogP contribution in [0.15, 0.2) is 18.2 Å². The first-order valence-corrected chi connectivity index (χ1v) is 9.19. The van der Waals surface area contributed by atoms with Crippen LogP contribution in [0.5, 0.6) is 11.5 Å². The van der Waals surface area contributed by atoms with Crippen LogP contribution < -0.4 is 9.47 Å². The third-order valence-electron chi connectivity index (χ3n) is 4.93. The van der Waals surface area contributed by atoms with Crippen LogP contribution in [0.2, 0.25) is 0 Å². The average Bonchev–Trinajstić information content (AvgIpc) is 2.80. The number of rotatable bonds is 4. The summed E-state index contributed by atoms with van der Waals surface area (Å²) in [5.41, 5.74) is 0.448. The molecule has 2 heterocycles. The predicted octanol–water partition coefficient (Wildman–Crippen LogP) is 2.47. The third-order valence-corrected chi connectivity index (χ3v) is 4.93. The van der Waals surface area contributed by atoms with Gasteiger partial charge in [-0.3, -0.25) is 14.6 Å². The number of benzene rings is 1. The SMILES string of the molecule is COc1ccc(CN2CC3CC(=O)C(C2)N3C(=O)OC(C)(C)C)c(OC)c1. The van der Waals surface area contributed by atoms with E-state index in [0.717, 1.165) is 17.1 Å². The summed E-state index contributed by atoms with van der Waals surface area (Å²) in [7, 11) is 3.25. The van der Waals surface area contributed by atoms with Crippen molar-refractivity contribution < 1.29 is 23.8 Å². The van der Waals surface area contributed by atoms with Gasteiger partial charge in [0.1, 0.15) is 23.1 Å². The lowest BCUT2D eigenvalue weighted by atomic mass is 10.1. The first-order valence-electron chi connectivity index (χ1n) is 9.19. The molecule has 0 N–H and O–H groups in total. The average molecular weight is 376 g/mol. The van der Waals surface area contributed by atoms with Gasteiger partial charge in [0, 0.05) is 37.7 Å². The Morgan fingerprint density at radius 2 is 1.93 bits per heavy atom. The number of fused-ring (bicyclic) bond motifs is 2. The van der Waals surface area contributed by atoms with Gasteiger partial charge in [-0.05, 0) is 26.8 Å². The molecule has 1 amide bonds. The van der Waals surface area contributed by atoms with Crippen molar-refractivity contribution in [2.75, 3.05) is 27.3 Å². The zero-order valence-electron chi connectivity index (χ0n) is 16.7. The van der Waals surface area contributed by atoms with Crippen LogP contribution in [0.3, 0.4) is 0 Å². The molecule has 7 nitrogen and oxygen atoms in total. The number of hydrogen-bond donors (Lipinski definition) is 0. The van der Waals surface area contributed by atoms with Crippen LogP contribution in [0.4, 0.5) is 4.79 Å². The summed E-state index contributed by atoms with van der Waals surface area (Å²) in [6, 6.07) is 5.14. The normalized spacial score (nSPS) is 22.7. The van der Waals surface area contributed by atoms with Crippen molar-refractivity contribution in [3.05, 3.63) is 23.8 Å². The molecule has 2 unspecified atom stereocenters. The van der Waals surface area contributed by atoms with Gasteiger partial charge in [-0.2, -0.15) is 0 Å². The van der Waals surface area contributed by atoms with Gasteiger partial charge in [-0.25, -0.2) is 4.79 Å². The molecule has 0 aromatic heterocycles. The monoisotopic (exact) mass is 376 g/mol. The highest BCUT2D eigenvalue weighted by Crippen LogP contribution is 2.32. The number of Topliss-reactive ketones (excluding diaryl/α,β-unsaturated/α-hetero) is 1. The molecule has 0 spiro atoms. The number of likely N-dealkylation sites (tertiary alicyclic amines) is 1. The number of carbonyl (C=O) groups is 2. The highest BCUT2D eigenvalue weighted by molar-refractivity contribution is 5.92. The van der Waals surface area contributed by atoms with Gasteiger partial charge in [0.25, 0.3) is 0 Å². The van der Waals surface area contributed by atoms with E-state index < -0.39 is 17.7 Å². The van der Waals surface area contributed by atoms with Gasteiger partial charge in [-0.1, -0.05) is 6.07 Å². The van der Waals surface area contributed by atoms with E-state index in [-0.39, 0.29) is 11.8 Å². The Morgan fingerprint density at radius 3 is 2.52 bits per heavy atom. The minimum Gasteiger partial charge on any atom is -0.497 e. The molecule has 2 aliphatic heterocycles. The quantitative estimate of drug-likeness (QED) is 0.804. The smallest absolute Gasteiger partial charge is 0.411 e. The van der Waals surface area contributed by atoms with Crippen LogP contribution in [-0.2, 0) is 16.1 Å². The Balaban J connectivity index is 1.72. The Bertz CT molecular complexity index is 728. The molecule has 3 rings (SSSR count). The van der Waals surface area contributed by atoms with E-state index in [0.29, 0.717) is 26.1 Å². The molecule has 0 aliphatic carbocycles. The second-order valence-electron chi connectivity index (χ2n) is 8.10. The van der Waals surface area contributed by atoms with Crippen molar-refractivity contribution in [1.82, 2.24) is 9.80 Å². The molecule has 7 heteroatoms. The summed E-state index contributed by atoms with van der Waals surface area (Å²) >= 11 is 0. The maximum Gasteiger partial charge on any atom is 0.411 e. The number of ketones is 1. The Kier molecular flexibility index (Phi) is 5.33. The van der Waals surface area contributed by atoms with Gasteiger partial charge >= 0.3 is 6.09 Å². The number of hydrogen-bond acceptors (Lipinski definition) is 6. The Hall–Kier alpha value is -2.28. The number of amides is 1. The largest absolute Gasteiger partial charge is 0.497 e. The number of nitrogens with zero attached hydrogens (tertiary/aromatic N) is 2. The topological polar surface area (TPSA) is 68.3 Å². The van der Waals surface area contributed by atoms with Crippen molar-refractivity contribution in [3.63, 3.8) is 0 Å². The Morgan fingerprint density at radius 1 is 1.19 bits per heavy atom. The minimum atomic E-state index is -0.576. The zero-order valence-corrected chi connectivity index (χ0v) is 16.7. The standard InChI is InChI=1S/C20H28N2O5/c1-20(2,3)27-19(24)22-14-8-17(23)16(22)12-21(11-14)10-13-6-7-15(25-4)9-18(13)26-5/h6-7,9,14,16H,8,10-12H2,1-5H3. The van der Waals surface area contributed by atoms with Crippen molar-refractivity contribution in [2.45, 2.75) is 51.4 Å². The van der Waals surface area contributed by atoms with E-state index in [2.05, 4.69) is 4.90 Å². The lowest BCUT2D eigenvalue weighted by molar-refractivity contribution is -0.120. The maximum absolute atomic E-state index is 12.6. The molecule has 2 bridgehead atoms. The van der Waals surface area contributed by atoms with E-state index in [1.165, 1.54) is 0 Å². The highest BCUT2D eigenvalue weighted by atomic mass is 16.6. The van der Waals surface area contributed by atoms with Crippen molar-refractivity contribution >= 4 is 11.9 Å².